The molecule has 0 aliphatic heterocycles. The van der Waals surface area contributed by atoms with E-state index < -0.39 is 0 Å². The summed E-state index contributed by atoms with van der Waals surface area (Å²) in [5.41, 5.74) is 2.23. The lowest BCUT2D eigenvalue weighted by atomic mass is 9.98. The van der Waals surface area contributed by atoms with Crippen molar-refractivity contribution in [2.45, 2.75) is 25.8 Å². The monoisotopic (exact) mass is 245 g/mol. The SMILES string of the molecule is C=CC(=C)CCC(C(=C)C)[N+](C)(C)C/C=C/C#N. The van der Waals surface area contributed by atoms with Crippen LogP contribution in [-0.4, -0.2) is 31.2 Å². The zero-order valence-electron chi connectivity index (χ0n) is 11.9. The van der Waals surface area contributed by atoms with Gasteiger partial charge in [-0.2, -0.15) is 5.26 Å². The fourth-order valence-electron chi connectivity index (χ4n) is 2.12. The van der Waals surface area contributed by atoms with Crippen LogP contribution in [0.3, 0.4) is 0 Å². The lowest BCUT2D eigenvalue weighted by Gasteiger charge is -2.38. The van der Waals surface area contributed by atoms with E-state index in [4.69, 9.17) is 5.26 Å². The van der Waals surface area contributed by atoms with E-state index in [0.29, 0.717) is 6.04 Å². The van der Waals surface area contributed by atoms with Gasteiger partial charge in [-0.25, -0.2) is 0 Å². The maximum atomic E-state index is 8.53. The molecule has 1 unspecified atom stereocenters. The molecule has 2 nitrogen and oxygen atoms in total. The Morgan fingerprint density at radius 2 is 2.00 bits per heavy atom. The largest absolute Gasteiger partial charge is 0.319 e. The molecular formula is C16H25N2+. The van der Waals surface area contributed by atoms with Crippen LogP contribution in [0.25, 0.3) is 0 Å². The van der Waals surface area contributed by atoms with E-state index in [9.17, 15) is 0 Å². The summed E-state index contributed by atoms with van der Waals surface area (Å²) in [6.07, 6.45) is 7.21. The quantitative estimate of drug-likeness (QED) is 0.277. The van der Waals surface area contributed by atoms with Crippen molar-refractivity contribution < 1.29 is 4.48 Å². The van der Waals surface area contributed by atoms with Crippen molar-refractivity contribution in [1.29, 1.82) is 5.26 Å². The third-order valence-corrected chi connectivity index (χ3v) is 3.21. The van der Waals surface area contributed by atoms with Crippen molar-refractivity contribution in [2.75, 3.05) is 20.6 Å². The second-order valence-corrected chi connectivity index (χ2v) is 5.26. The molecule has 0 aromatic rings. The zero-order valence-corrected chi connectivity index (χ0v) is 11.9. The smallest absolute Gasteiger partial charge is 0.110 e. The number of likely N-dealkylation sites (N-methyl/N-ethyl adjacent to an activating group) is 1. The van der Waals surface area contributed by atoms with Gasteiger partial charge in [0.1, 0.15) is 6.04 Å². The highest BCUT2D eigenvalue weighted by atomic mass is 15.3. The molecule has 0 saturated carbocycles. The van der Waals surface area contributed by atoms with Gasteiger partial charge in [-0.1, -0.05) is 31.4 Å². The molecule has 0 spiro atoms. The molecule has 0 amide bonds. The summed E-state index contributed by atoms with van der Waals surface area (Å²) in [7, 11) is 4.33. The standard InChI is InChI=1S/C16H25N2/c1-7-15(4)10-11-16(14(2)3)18(5,6)13-9-8-12-17/h7-9,16H,1-2,4,10-11,13H2,3,5-6H3/q+1/b9-8+. The molecule has 0 bridgehead atoms. The fourth-order valence-corrected chi connectivity index (χ4v) is 2.12. The van der Waals surface area contributed by atoms with Gasteiger partial charge >= 0.3 is 0 Å². The lowest BCUT2D eigenvalue weighted by molar-refractivity contribution is -0.904. The van der Waals surface area contributed by atoms with Gasteiger partial charge in [0.25, 0.3) is 0 Å². The minimum absolute atomic E-state index is 0.366. The molecule has 0 aliphatic rings. The first-order valence-electron chi connectivity index (χ1n) is 6.18. The average Bonchev–Trinajstić information content (AvgIpc) is 2.28. The molecular weight excluding hydrogens is 220 g/mol. The number of nitrogens with zero attached hydrogens (tertiary/aromatic N) is 2. The molecule has 0 aliphatic carbocycles. The van der Waals surface area contributed by atoms with Gasteiger partial charge < -0.3 is 4.48 Å². The van der Waals surface area contributed by atoms with Crippen LogP contribution in [0.1, 0.15) is 19.8 Å². The van der Waals surface area contributed by atoms with E-state index in [1.54, 1.807) is 0 Å². The number of nitriles is 1. The molecule has 1 atom stereocenters. The Morgan fingerprint density at radius 3 is 2.44 bits per heavy atom. The maximum Gasteiger partial charge on any atom is 0.110 e. The number of hydrogen-bond acceptors (Lipinski definition) is 1. The summed E-state index contributed by atoms with van der Waals surface area (Å²) < 4.78 is 0.804. The molecule has 18 heavy (non-hydrogen) atoms. The topological polar surface area (TPSA) is 23.8 Å². The summed E-state index contributed by atoms with van der Waals surface area (Å²) in [6, 6.07) is 2.39. The maximum absolute atomic E-state index is 8.53. The number of quaternary nitrogens is 1. The Balaban J connectivity index is 4.71. The average molecular weight is 245 g/mol. The Bertz CT molecular complexity index is 380. The Morgan fingerprint density at radius 1 is 1.39 bits per heavy atom. The van der Waals surface area contributed by atoms with E-state index in [-0.39, 0.29) is 0 Å². The van der Waals surface area contributed by atoms with Crippen molar-refractivity contribution in [1.82, 2.24) is 0 Å². The van der Waals surface area contributed by atoms with Crippen molar-refractivity contribution in [2.24, 2.45) is 0 Å². The van der Waals surface area contributed by atoms with Crippen LogP contribution in [0.2, 0.25) is 0 Å². The Kier molecular flexibility index (Phi) is 7.00. The Labute approximate surface area is 112 Å². The highest BCUT2D eigenvalue weighted by Crippen LogP contribution is 2.21. The molecule has 98 valence electrons. The van der Waals surface area contributed by atoms with Crippen LogP contribution in [0, 0.1) is 11.3 Å². The molecule has 0 heterocycles. The molecule has 0 fully saturated rings. The first-order chi connectivity index (χ1) is 8.35. The first kappa shape index (κ1) is 16.4. The second kappa shape index (κ2) is 7.68. The third kappa shape index (κ3) is 5.65. The highest BCUT2D eigenvalue weighted by Gasteiger charge is 2.27. The second-order valence-electron chi connectivity index (χ2n) is 5.26. The van der Waals surface area contributed by atoms with Crippen molar-refractivity contribution in [3.63, 3.8) is 0 Å². The van der Waals surface area contributed by atoms with Crippen LogP contribution in [0.4, 0.5) is 0 Å². The molecule has 0 aromatic carbocycles. The first-order valence-corrected chi connectivity index (χ1v) is 6.18. The van der Waals surface area contributed by atoms with Crippen molar-refractivity contribution in [3.05, 3.63) is 49.1 Å². The van der Waals surface area contributed by atoms with Crippen LogP contribution in [-0.2, 0) is 0 Å². The van der Waals surface area contributed by atoms with E-state index in [1.807, 2.05) is 18.2 Å². The predicted molar refractivity (Wildman–Crippen MR) is 78.9 cm³/mol. The van der Waals surface area contributed by atoms with Gasteiger partial charge in [0.15, 0.2) is 0 Å². The van der Waals surface area contributed by atoms with Crippen LogP contribution in [0.15, 0.2) is 49.1 Å². The number of rotatable bonds is 8. The summed E-state index contributed by atoms with van der Waals surface area (Å²) in [5.74, 6) is 0. The fraction of sp³-hybridized carbons (Fsp3) is 0.438. The van der Waals surface area contributed by atoms with E-state index >= 15 is 0 Å². The van der Waals surface area contributed by atoms with Gasteiger partial charge in [0.2, 0.25) is 0 Å². The summed E-state index contributed by atoms with van der Waals surface area (Å²) in [4.78, 5) is 0. The molecule has 0 radical (unpaired) electrons. The van der Waals surface area contributed by atoms with Crippen LogP contribution in [0.5, 0.6) is 0 Å². The molecule has 0 aromatic heterocycles. The summed E-state index contributed by atoms with van der Waals surface area (Å²) >= 11 is 0. The molecule has 0 N–H and O–H groups in total. The van der Waals surface area contributed by atoms with Gasteiger partial charge in [-0.05, 0) is 25.0 Å². The van der Waals surface area contributed by atoms with Gasteiger partial charge in [-0.15, -0.1) is 0 Å². The van der Waals surface area contributed by atoms with Gasteiger partial charge in [0, 0.05) is 12.5 Å². The molecule has 0 rings (SSSR count). The van der Waals surface area contributed by atoms with Crippen LogP contribution >= 0.6 is 0 Å². The third-order valence-electron chi connectivity index (χ3n) is 3.21. The lowest BCUT2D eigenvalue weighted by Crippen LogP contribution is -2.49. The van der Waals surface area contributed by atoms with Gasteiger partial charge in [0.05, 0.1) is 26.7 Å². The Hall–Kier alpha value is -1.59. The van der Waals surface area contributed by atoms with E-state index in [0.717, 1.165) is 29.4 Å². The number of hydrogen-bond donors (Lipinski definition) is 0. The van der Waals surface area contributed by atoms with E-state index in [1.165, 1.54) is 11.6 Å². The van der Waals surface area contributed by atoms with Crippen molar-refractivity contribution >= 4 is 0 Å². The molecule has 0 saturated heterocycles. The number of allylic oxidation sites excluding steroid dienone is 3. The summed E-state index contributed by atoms with van der Waals surface area (Å²) in [5, 5.41) is 8.53. The van der Waals surface area contributed by atoms with Crippen molar-refractivity contribution in [3.8, 4) is 6.07 Å². The predicted octanol–water partition coefficient (Wildman–Crippen LogP) is 3.61. The van der Waals surface area contributed by atoms with Crippen LogP contribution < -0.4 is 0 Å². The normalized spacial score (nSPS) is 13.0. The van der Waals surface area contributed by atoms with E-state index in [2.05, 4.69) is 40.8 Å². The highest BCUT2D eigenvalue weighted by molar-refractivity contribution is 5.12. The minimum atomic E-state index is 0.366. The molecule has 2 heteroatoms. The minimum Gasteiger partial charge on any atom is -0.319 e. The zero-order chi connectivity index (χ0) is 14.2. The van der Waals surface area contributed by atoms with Gasteiger partial charge in [-0.3, -0.25) is 0 Å². The summed E-state index contributed by atoms with van der Waals surface area (Å²) in [6.45, 7) is 14.7.